The van der Waals surface area contributed by atoms with Crippen LogP contribution in [0.1, 0.15) is 84.1 Å². The maximum atomic E-state index is 10.3. The second-order valence-electron chi connectivity index (χ2n) is 6.11. The highest BCUT2D eigenvalue weighted by atomic mass is 16.3. The lowest BCUT2D eigenvalue weighted by Crippen LogP contribution is -2.26. The summed E-state index contributed by atoms with van der Waals surface area (Å²) in [4.78, 5) is 0. The van der Waals surface area contributed by atoms with Crippen LogP contribution in [0.5, 0.6) is 5.75 Å². The van der Waals surface area contributed by atoms with Crippen LogP contribution < -0.4 is 0 Å². The molecule has 0 amide bonds. The molecule has 0 aliphatic rings. The molecular weight excluding hydrogens is 244 g/mol. The van der Waals surface area contributed by atoms with E-state index in [2.05, 4.69) is 32.9 Å². The Morgan fingerprint density at radius 3 is 2.00 bits per heavy atom. The molecule has 1 heteroatoms. The molecule has 1 rings (SSSR count). The molecular formula is C19H32O. The summed E-state index contributed by atoms with van der Waals surface area (Å²) in [5.74, 6) is 0.491. The highest BCUT2D eigenvalue weighted by Gasteiger charge is 2.31. The first-order valence-corrected chi connectivity index (χ1v) is 8.48. The molecule has 0 radical (unpaired) electrons. The molecule has 20 heavy (non-hydrogen) atoms. The van der Waals surface area contributed by atoms with Gasteiger partial charge in [0.25, 0.3) is 0 Å². The summed E-state index contributed by atoms with van der Waals surface area (Å²) < 4.78 is 0. The van der Waals surface area contributed by atoms with Gasteiger partial charge in [-0.1, -0.05) is 77.5 Å². The van der Waals surface area contributed by atoms with Crippen molar-refractivity contribution in [2.24, 2.45) is 0 Å². The summed E-state index contributed by atoms with van der Waals surface area (Å²) in [5, 5.41) is 10.3. The monoisotopic (exact) mass is 276 g/mol. The molecule has 0 saturated carbocycles. The molecule has 0 heterocycles. The average molecular weight is 276 g/mol. The van der Waals surface area contributed by atoms with Gasteiger partial charge >= 0.3 is 0 Å². The van der Waals surface area contributed by atoms with Crippen LogP contribution in [0, 0.1) is 0 Å². The van der Waals surface area contributed by atoms with E-state index >= 15 is 0 Å². The van der Waals surface area contributed by atoms with E-state index in [1.807, 2.05) is 12.1 Å². The van der Waals surface area contributed by atoms with E-state index in [0.717, 1.165) is 0 Å². The van der Waals surface area contributed by atoms with E-state index in [1.165, 1.54) is 63.4 Å². The Hall–Kier alpha value is -0.980. The van der Waals surface area contributed by atoms with Crippen molar-refractivity contribution in [3.8, 4) is 5.75 Å². The summed E-state index contributed by atoms with van der Waals surface area (Å²) in [6.45, 7) is 6.78. The van der Waals surface area contributed by atoms with Crippen LogP contribution in [0.25, 0.3) is 0 Å². The number of rotatable bonds is 10. The van der Waals surface area contributed by atoms with Gasteiger partial charge < -0.3 is 5.11 Å². The highest BCUT2D eigenvalue weighted by Crippen LogP contribution is 2.43. The first-order valence-electron chi connectivity index (χ1n) is 8.48. The minimum atomic E-state index is 0.183. The molecule has 0 fully saturated rings. The van der Waals surface area contributed by atoms with Crippen molar-refractivity contribution in [1.82, 2.24) is 0 Å². The number of para-hydroxylation sites is 1. The van der Waals surface area contributed by atoms with Crippen LogP contribution in [0.4, 0.5) is 0 Å². The second-order valence-corrected chi connectivity index (χ2v) is 6.11. The predicted molar refractivity (Wildman–Crippen MR) is 88.4 cm³/mol. The zero-order chi connectivity index (χ0) is 14.8. The lowest BCUT2D eigenvalue weighted by atomic mass is 9.69. The number of aromatic hydroxyl groups is 1. The number of phenols is 1. The van der Waals surface area contributed by atoms with Crippen LogP contribution in [-0.2, 0) is 5.41 Å². The summed E-state index contributed by atoms with van der Waals surface area (Å²) in [5.41, 5.74) is 1.36. The molecule has 1 aromatic rings. The van der Waals surface area contributed by atoms with Crippen molar-refractivity contribution in [3.05, 3.63) is 29.8 Å². The second kappa shape index (κ2) is 9.05. The van der Waals surface area contributed by atoms with Crippen LogP contribution in [-0.4, -0.2) is 5.11 Å². The summed E-state index contributed by atoms with van der Waals surface area (Å²) >= 11 is 0. The van der Waals surface area contributed by atoms with Gasteiger partial charge in [0.1, 0.15) is 5.75 Å². The Labute approximate surface area is 125 Å². The molecule has 0 aliphatic carbocycles. The first-order chi connectivity index (χ1) is 9.70. The molecule has 1 N–H and O–H groups in total. The summed E-state index contributed by atoms with van der Waals surface area (Å²) in [6, 6.07) is 7.99. The van der Waals surface area contributed by atoms with Crippen molar-refractivity contribution in [3.63, 3.8) is 0 Å². The first kappa shape index (κ1) is 17.1. The normalized spacial score (nSPS) is 11.8. The number of unbranched alkanes of at least 4 members (excludes halogenated alkanes) is 3. The zero-order valence-corrected chi connectivity index (χ0v) is 13.6. The molecule has 0 bridgehead atoms. The summed E-state index contributed by atoms with van der Waals surface area (Å²) in [7, 11) is 0. The Balaban J connectivity index is 2.94. The van der Waals surface area contributed by atoms with Crippen molar-refractivity contribution in [2.75, 3.05) is 0 Å². The Bertz CT molecular complexity index is 364. The van der Waals surface area contributed by atoms with Gasteiger partial charge in [-0.25, -0.2) is 0 Å². The maximum absolute atomic E-state index is 10.3. The quantitative estimate of drug-likeness (QED) is 0.504. The maximum Gasteiger partial charge on any atom is 0.119 e. The van der Waals surface area contributed by atoms with E-state index in [-0.39, 0.29) is 5.41 Å². The van der Waals surface area contributed by atoms with Crippen LogP contribution in [0.3, 0.4) is 0 Å². The van der Waals surface area contributed by atoms with E-state index in [0.29, 0.717) is 5.75 Å². The standard InChI is InChI=1S/C19H32O/c1-4-7-8-11-16-19(14-5-2,15-6-3)17-12-9-10-13-18(17)20/h9-10,12-13,20H,4-8,11,14-16H2,1-3H3. The van der Waals surface area contributed by atoms with Gasteiger partial charge in [-0.05, 0) is 30.7 Å². The lowest BCUT2D eigenvalue weighted by Gasteiger charge is -2.35. The Morgan fingerprint density at radius 1 is 0.800 bits per heavy atom. The predicted octanol–water partition coefficient (Wildman–Crippen LogP) is 6.20. The van der Waals surface area contributed by atoms with E-state index in [4.69, 9.17) is 0 Å². The fourth-order valence-electron chi connectivity index (χ4n) is 3.55. The topological polar surface area (TPSA) is 20.2 Å². The largest absolute Gasteiger partial charge is 0.508 e. The van der Waals surface area contributed by atoms with Crippen LogP contribution >= 0.6 is 0 Å². The SMILES string of the molecule is CCCCCCC(CCC)(CCC)c1ccccc1O. The zero-order valence-electron chi connectivity index (χ0n) is 13.6. The molecule has 1 aromatic carbocycles. The van der Waals surface area contributed by atoms with Crippen molar-refractivity contribution in [2.45, 2.75) is 84.0 Å². The molecule has 0 unspecified atom stereocenters. The number of hydrogen-bond acceptors (Lipinski definition) is 1. The van der Waals surface area contributed by atoms with Crippen LogP contribution in [0.2, 0.25) is 0 Å². The van der Waals surface area contributed by atoms with E-state index < -0.39 is 0 Å². The van der Waals surface area contributed by atoms with Crippen molar-refractivity contribution < 1.29 is 5.11 Å². The molecule has 0 aliphatic heterocycles. The van der Waals surface area contributed by atoms with Gasteiger partial charge in [-0.15, -0.1) is 0 Å². The van der Waals surface area contributed by atoms with Gasteiger partial charge in [0, 0.05) is 5.56 Å². The van der Waals surface area contributed by atoms with Gasteiger partial charge in [-0.3, -0.25) is 0 Å². The molecule has 0 aromatic heterocycles. The highest BCUT2D eigenvalue weighted by molar-refractivity contribution is 5.38. The number of benzene rings is 1. The van der Waals surface area contributed by atoms with Gasteiger partial charge in [-0.2, -0.15) is 0 Å². The third kappa shape index (κ3) is 4.54. The van der Waals surface area contributed by atoms with Gasteiger partial charge in [0.05, 0.1) is 0 Å². The molecule has 114 valence electrons. The molecule has 1 nitrogen and oxygen atoms in total. The molecule has 0 spiro atoms. The van der Waals surface area contributed by atoms with E-state index in [9.17, 15) is 5.11 Å². The number of phenolic OH excluding ortho intramolecular Hbond substituents is 1. The van der Waals surface area contributed by atoms with E-state index in [1.54, 1.807) is 0 Å². The average Bonchev–Trinajstić information content (AvgIpc) is 2.44. The lowest BCUT2D eigenvalue weighted by molar-refractivity contribution is 0.305. The third-order valence-electron chi connectivity index (χ3n) is 4.44. The van der Waals surface area contributed by atoms with Crippen LogP contribution in [0.15, 0.2) is 24.3 Å². The Kier molecular flexibility index (Phi) is 7.72. The fraction of sp³-hybridized carbons (Fsp3) is 0.684. The van der Waals surface area contributed by atoms with Crippen molar-refractivity contribution >= 4 is 0 Å². The molecule has 0 atom stereocenters. The number of hydrogen-bond donors (Lipinski definition) is 1. The minimum Gasteiger partial charge on any atom is -0.508 e. The third-order valence-corrected chi connectivity index (χ3v) is 4.44. The van der Waals surface area contributed by atoms with Gasteiger partial charge in [0.15, 0.2) is 0 Å². The van der Waals surface area contributed by atoms with Gasteiger partial charge in [0.2, 0.25) is 0 Å². The smallest absolute Gasteiger partial charge is 0.119 e. The Morgan fingerprint density at radius 2 is 1.45 bits per heavy atom. The van der Waals surface area contributed by atoms with Crippen molar-refractivity contribution in [1.29, 1.82) is 0 Å². The molecule has 0 saturated heterocycles. The minimum absolute atomic E-state index is 0.183. The summed E-state index contributed by atoms with van der Waals surface area (Å²) in [6.07, 6.45) is 11.2. The fourth-order valence-corrected chi connectivity index (χ4v) is 3.55.